The summed E-state index contributed by atoms with van der Waals surface area (Å²) in [6, 6.07) is 0.979. The summed E-state index contributed by atoms with van der Waals surface area (Å²) in [5, 5.41) is 0. The van der Waals surface area contributed by atoms with Crippen LogP contribution in [-0.4, -0.2) is 74.1 Å². The van der Waals surface area contributed by atoms with E-state index >= 15 is 0 Å². The molecule has 0 radical (unpaired) electrons. The van der Waals surface area contributed by atoms with E-state index in [-0.39, 0.29) is 0 Å². The summed E-state index contributed by atoms with van der Waals surface area (Å²) in [6.45, 7) is 8.22. The molecule has 3 heteroatoms. The maximum Gasteiger partial charge on any atom is 0.0184 e. The van der Waals surface area contributed by atoms with Gasteiger partial charge in [-0.25, -0.2) is 0 Å². The number of hydrogen-bond donors (Lipinski definition) is 0. The average Bonchev–Trinajstić information content (AvgIpc) is 2.58. The van der Waals surface area contributed by atoms with Crippen molar-refractivity contribution in [2.45, 2.75) is 6.04 Å². The van der Waals surface area contributed by atoms with Crippen LogP contribution in [-0.2, 0) is 0 Å². The van der Waals surface area contributed by atoms with Gasteiger partial charge in [0.05, 0.1) is 0 Å². The molecular formula is C13H23N3. The molecule has 4 fully saturated rings. The Balaban J connectivity index is 1.39. The van der Waals surface area contributed by atoms with Crippen molar-refractivity contribution in [2.24, 2.45) is 23.7 Å². The number of likely N-dealkylation sites (tertiary alicyclic amines) is 3. The lowest BCUT2D eigenvalue weighted by atomic mass is 10.0. The van der Waals surface area contributed by atoms with Crippen molar-refractivity contribution in [1.29, 1.82) is 0 Å². The van der Waals surface area contributed by atoms with E-state index < -0.39 is 0 Å². The van der Waals surface area contributed by atoms with Crippen LogP contribution < -0.4 is 0 Å². The van der Waals surface area contributed by atoms with Gasteiger partial charge in [0.2, 0.25) is 0 Å². The Labute approximate surface area is 98.4 Å². The molecule has 4 atom stereocenters. The molecule has 3 nitrogen and oxygen atoms in total. The highest BCUT2D eigenvalue weighted by Gasteiger charge is 2.59. The predicted octanol–water partition coefficient (Wildman–Crippen LogP) is 0.0398. The SMILES string of the molecule is CN1CC2CN(C3C4CN(C)CC43)CC2C1. The fourth-order valence-corrected chi connectivity index (χ4v) is 4.75. The van der Waals surface area contributed by atoms with Gasteiger partial charge < -0.3 is 9.80 Å². The Morgan fingerprint density at radius 3 is 1.75 bits per heavy atom. The van der Waals surface area contributed by atoms with Crippen LogP contribution in [0.25, 0.3) is 0 Å². The zero-order chi connectivity index (χ0) is 10.9. The van der Waals surface area contributed by atoms with Gasteiger partial charge in [-0.2, -0.15) is 0 Å². The molecule has 0 amide bonds. The van der Waals surface area contributed by atoms with Crippen LogP contribution in [0.5, 0.6) is 0 Å². The van der Waals surface area contributed by atoms with Gasteiger partial charge in [0.15, 0.2) is 0 Å². The molecule has 0 aromatic heterocycles. The van der Waals surface area contributed by atoms with Crippen LogP contribution in [0, 0.1) is 23.7 Å². The lowest BCUT2D eigenvalue weighted by molar-refractivity contribution is 0.223. The summed E-state index contributed by atoms with van der Waals surface area (Å²) in [6.07, 6.45) is 0. The Kier molecular flexibility index (Phi) is 1.98. The van der Waals surface area contributed by atoms with Crippen LogP contribution in [0.15, 0.2) is 0 Å². The minimum Gasteiger partial charge on any atom is -0.306 e. The van der Waals surface area contributed by atoms with E-state index in [0.717, 1.165) is 29.7 Å². The fourth-order valence-electron chi connectivity index (χ4n) is 4.75. The zero-order valence-corrected chi connectivity index (χ0v) is 10.5. The Bertz CT molecular complexity index is 280. The standard InChI is InChI=1S/C13H23N3/c1-14-3-9-5-16(6-10(9)4-14)13-11-7-15(2)8-12(11)13/h9-13H,3-8H2,1-2H3. The fraction of sp³-hybridized carbons (Fsp3) is 1.00. The zero-order valence-electron chi connectivity index (χ0n) is 10.5. The first-order valence-corrected chi connectivity index (χ1v) is 6.83. The number of fused-ring (bicyclic) bond motifs is 2. The van der Waals surface area contributed by atoms with Crippen molar-refractivity contribution in [3.8, 4) is 0 Å². The normalized spacial score (nSPS) is 53.2. The number of rotatable bonds is 1. The molecule has 16 heavy (non-hydrogen) atoms. The van der Waals surface area contributed by atoms with E-state index in [1.807, 2.05) is 0 Å². The van der Waals surface area contributed by atoms with Crippen LogP contribution in [0.1, 0.15) is 0 Å². The molecule has 0 bridgehead atoms. The number of nitrogens with zero attached hydrogens (tertiary/aromatic N) is 3. The van der Waals surface area contributed by atoms with E-state index in [2.05, 4.69) is 28.8 Å². The quantitative estimate of drug-likeness (QED) is 0.619. The molecule has 0 aromatic rings. The molecule has 0 aromatic carbocycles. The van der Waals surface area contributed by atoms with E-state index in [9.17, 15) is 0 Å². The Morgan fingerprint density at radius 2 is 1.19 bits per heavy atom. The molecule has 4 unspecified atom stereocenters. The third-order valence-electron chi connectivity index (χ3n) is 5.45. The summed E-state index contributed by atoms with van der Waals surface area (Å²) < 4.78 is 0. The smallest absolute Gasteiger partial charge is 0.0184 e. The van der Waals surface area contributed by atoms with Crippen molar-refractivity contribution in [2.75, 3.05) is 53.4 Å². The lowest BCUT2D eigenvalue weighted by Crippen LogP contribution is -2.34. The lowest BCUT2D eigenvalue weighted by Gasteiger charge is -2.23. The van der Waals surface area contributed by atoms with E-state index in [1.165, 1.54) is 39.3 Å². The van der Waals surface area contributed by atoms with Gasteiger partial charge in [-0.1, -0.05) is 0 Å². The first-order valence-electron chi connectivity index (χ1n) is 6.83. The summed E-state index contributed by atoms with van der Waals surface area (Å²) in [7, 11) is 4.56. The van der Waals surface area contributed by atoms with Crippen molar-refractivity contribution in [3.63, 3.8) is 0 Å². The largest absolute Gasteiger partial charge is 0.306 e. The van der Waals surface area contributed by atoms with Crippen LogP contribution >= 0.6 is 0 Å². The van der Waals surface area contributed by atoms with Crippen molar-refractivity contribution < 1.29 is 0 Å². The van der Waals surface area contributed by atoms with Gasteiger partial charge in [0.25, 0.3) is 0 Å². The molecule has 90 valence electrons. The summed E-state index contributed by atoms with van der Waals surface area (Å²) >= 11 is 0. The van der Waals surface area contributed by atoms with Crippen molar-refractivity contribution >= 4 is 0 Å². The average molecular weight is 221 g/mol. The summed E-state index contributed by atoms with van der Waals surface area (Å²) in [4.78, 5) is 7.87. The monoisotopic (exact) mass is 221 g/mol. The first-order chi connectivity index (χ1) is 7.72. The van der Waals surface area contributed by atoms with Gasteiger partial charge in [0.1, 0.15) is 0 Å². The maximum absolute atomic E-state index is 2.84. The van der Waals surface area contributed by atoms with Crippen molar-refractivity contribution in [3.05, 3.63) is 0 Å². The second-order valence-electron chi connectivity index (χ2n) is 6.73. The highest BCUT2D eigenvalue weighted by molar-refractivity contribution is 5.12. The van der Waals surface area contributed by atoms with Crippen LogP contribution in [0.4, 0.5) is 0 Å². The van der Waals surface area contributed by atoms with Crippen LogP contribution in [0.2, 0.25) is 0 Å². The third kappa shape index (κ3) is 1.31. The Hall–Kier alpha value is -0.120. The summed E-state index contributed by atoms with van der Waals surface area (Å²) in [5.74, 6) is 4.04. The molecule has 0 N–H and O–H groups in total. The van der Waals surface area contributed by atoms with Gasteiger partial charge in [-0.3, -0.25) is 4.90 Å². The molecular weight excluding hydrogens is 198 g/mol. The molecule has 3 heterocycles. The van der Waals surface area contributed by atoms with E-state index in [4.69, 9.17) is 0 Å². The molecule has 1 aliphatic carbocycles. The molecule has 1 saturated carbocycles. The first kappa shape index (κ1) is 9.86. The van der Waals surface area contributed by atoms with E-state index in [1.54, 1.807) is 0 Å². The molecule has 3 aliphatic heterocycles. The highest BCUT2D eigenvalue weighted by atomic mass is 15.3. The molecule has 0 spiro atoms. The highest BCUT2D eigenvalue weighted by Crippen LogP contribution is 2.50. The summed E-state index contributed by atoms with van der Waals surface area (Å²) in [5.41, 5.74) is 0. The Morgan fingerprint density at radius 1 is 0.688 bits per heavy atom. The van der Waals surface area contributed by atoms with Gasteiger partial charge in [-0.15, -0.1) is 0 Å². The van der Waals surface area contributed by atoms with Crippen molar-refractivity contribution in [1.82, 2.24) is 14.7 Å². The second-order valence-corrected chi connectivity index (χ2v) is 6.73. The minimum absolute atomic E-state index is 0.979. The van der Waals surface area contributed by atoms with Gasteiger partial charge >= 0.3 is 0 Å². The minimum atomic E-state index is 0.979. The number of hydrogen-bond acceptors (Lipinski definition) is 3. The second kappa shape index (κ2) is 3.21. The van der Waals surface area contributed by atoms with Crippen LogP contribution in [0.3, 0.4) is 0 Å². The predicted molar refractivity (Wildman–Crippen MR) is 64.3 cm³/mol. The van der Waals surface area contributed by atoms with E-state index in [0.29, 0.717) is 0 Å². The maximum atomic E-state index is 2.84. The number of piperidine rings is 1. The molecule has 4 aliphatic rings. The van der Waals surface area contributed by atoms with Gasteiger partial charge in [-0.05, 0) is 37.8 Å². The molecule has 4 rings (SSSR count). The molecule has 3 saturated heterocycles. The third-order valence-corrected chi connectivity index (χ3v) is 5.45. The topological polar surface area (TPSA) is 9.72 Å². The van der Waals surface area contributed by atoms with Gasteiger partial charge in [0, 0.05) is 45.3 Å².